The maximum atomic E-state index is 10.4. The van der Waals surface area contributed by atoms with Crippen LogP contribution in [0, 0.1) is 0 Å². The minimum atomic E-state index is -0.342. The van der Waals surface area contributed by atoms with Crippen molar-refractivity contribution >= 4 is 11.3 Å². The molecule has 1 N–H and O–H groups in total. The van der Waals surface area contributed by atoms with E-state index in [1.54, 1.807) is 0 Å². The molecule has 2 unspecified atom stereocenters. The van der Waals surface area contributed by atoms with Crippen LogP contribution in [-0.2, 0) is 6.54 Å². The van der Waals surface area contributed by atoms with E-state index in [0.717, 1.165) is 25.1 Å². The molecule has 1 saturated heterocycles. The second-order valence-corrected chi connectivity index (χ2v) is 6.54. The number of hydrogen-bond acceptors (Lipinski definition) is 3. The van der Waals surface area contributed by atoms with Gasteiger partial charge in [-0.05, 0) is 42.8 Å². The summed E-state index contributed by atoms with van der Waals surface area (Å²) in [5.74, 6) is 0. The average molecular weight is 287 g/mol. The van der Waals surface area contributed by atoms with Gasteiger partial charge in [0.15, 0.2) is 0 Å². The molecular formula is C17H21NOS. The Balaban J connectivity index is 1.61. The van der Waals surface area contributed by atoms with Gasteiger partial charge in [0.25, 0.3) is 0 Å². The summed E-state index contributed by atoms with van der Waals surface area (Å²) in [7, 11) is 0. The summed E-state index contributed by atoms with van der Waals surface area (Å²) in [6.07, 6.45) is 2.95. The summed E-state index contributed by atoms with van der Waals surface area (Å²) in [5.41, 5.74) is 1.04. The van der Waals surface area contributed by atoms with E-state index in [1.807, 2.05) is 41.7 Å². The van der Waals surface area contributed by atoms with Crippen molar-refractivity contribution in [2.75, 3.05) is 6.54 Å². The minimum Gasteiger partial charge on any atom is -0.388 e. The van der Waals surface area contributed by atoms with Gasteiger partial charge in [-0.1, -0.05) is 36.4 Å². The van der Waals surface area contributed by atoms with Crippen LogP contribution < -0.4 is 0 Å². The van der Waals surface area contributed by atoms with Gasteiger partial charge in [0.1, 0.15) is 0 Å². The molecule has 0 radical (unpaired) electrons. The zero-order valence-electron chi connectivity index (χ0n) is 11.6. The summed E-state index contributed by atoms with van der Waals surface area (Å²) >= 11 is 1.82. The van der Waals surface area contributed by atoms with Crippen LogP contribution in [0.4, 0.5) is 0 Å². The normalized spacial score (nSPS) is 21.1. The van der Waals surface area contributed by atoms with Crippen molar-refractivity contribution in [3.63, 3.8) is 0 Å². The van der Waals surface area contributed by atoms with Crippen molar-refractivity contribution in [2.45, 2.75) is 38.0 Å². The third kappa shape index (κ3) is 3.29. The number of likely N-dealkylation sites (tertiary alicyclic amines) is 1. The molecular weight excluding hydrogens is 266 g/mol. The van der Waals surface area contributed by atoms with Crippen LogP contribution in [0.15, 0.2) is 47.8 Å². The molecule has 3 rings (SSSR count). The summed E-state index contributed by atoms with van der Waals surface area (Å²) in [4.78, 5) is 3.95. The van der Waals surface area contributed by atoms with Crippen LogP contribution in [0.2, 0.25) is 0 Å². The summed E-state index contributed by atoms with van der Waals surface area (Å²) < 4.78 is 0. The Morgan fingerprint density at radius 2 is 2.05 bits per heavy atom. The largest absolute Gasteiger partial charge is 0.388 e. The van der Waals surface area contributed by atoms with E-state index in [4.69, 9.17) is 0 Å². The van der Waals surface area contributed by atoms with Gasteiger partial charge in [-0.25, -0.2) is 0 Å². The third-order valence-electron chi connectivity index (χ3n) is 4.12. The van der Waals surface area contributed by atoms with Crippen molar-refractivity contribution in [2.24, 2.45) is 0 Å². The molecule has 0 bridgehead atoms. The highest BCUT2D eigenvalue weighted by Gasteiger charge is 2.27. The highest BCUT2D eigenvalue weighted by atomic mass is 32.1. The first kappa shape index (κ1) is 13.8. The van der Waals surface area contributed by atoms with Crippen LogP contribution >= 0.6 is 11.3 Å². The van der Waals surface area contributed by atoms with E-state index >= 15 is 0 Å². The molecule has 1 fully saturated rings. The molecule has 1 aromatic carbocycles. The van der Waals surface area contributed by atoms with Crippen LogP contribution in [0.25, 0.3) is 0 Å². The van der Waals surface area contributed by atoms with Crippen LogP contribution in [-0.4, -0.2) is 22.6 Å². The zero-order valence-corrected chi connectivity index (χ0v) is 12.4. The van der Waals surface area contributed by atoms with Gasteiger partial charge in [0.2, 0.25) is 0 Å². The highest BCUT2D eigenvalue weighted by molar-refractivity contribution is 7.09. The predicted octanol–water partition coefficient (Wildman–Crippen LogP) is 3.84. The predicted molar refractivity (Wildman–Crippen MR) is 83.8 cm³/mol. The molecule has 20 heavy (non-hydrogen) atoms. The first-order valence-corrected chi connectivity index (χ1v) is 8.20. The van der Waals surface area contributed by atoms with Gasteiger partial charge in [0.05, 0.1) is 6.10 Å². The van der Waals surface area contributed by atoms with Crippen LogP contribution in [0.5, 0.6) is 0 Å². The Morgan fingerprint density at radius 1 is 1.20 bits per heavy atom. The lowest BCUT2D eigenvalue weighted by Gasteiger charge is -2.26. The van der Waals surface area contributed by atoms with Crippen molar-refractivity contribution in [3.8, 4) is 0 Å². The number of aliphatic hydroxyl groups excluding tert-OH is 1. The van der Waals surface area contributed by atoms with Gasteiger partial charge >= 0.3 is 0 Å². The summed E-state index contributed by atoms with van der Waals surface area (Å²) in [5, 5.41) is 12.5. The smallest absolute Gasteiger partial charge is 0.0805 e. The van der Waals surface area contributed by atoms with E-state index in [9.17, 15) is 5.11 Å². The van der Waals surface area contributed by atoms with Crippen molar-refractivity contribution in [1.82, 2.24) is 4.90 Å². The minimum absolute atomic E-state index is 0.342. The van der Waals surface area contributed by atoms with Crippen LogP contribution in [0.1, 0.15) is 35.8 Å². The number of rotatable bonds is 5. The summed E-state index contributed by atoms with van der Waals surface area (Å²) in [6.45, 7) is 2.19. The molecule has 0 amide bonds. The molecule has 3 heteroatoms. The fraction of sp³-hybridized carbons (Fsp3) is 0.412. The molecule has 1 aliphatic heterocycles. The van der Waals surface area contributed by atoms with Crippen molar-refractivity contribution < 1.29 is 5.11 Å². The maximum Gasteiger partial charge on any atom is 0.0805 e. The SMILES string of the molecule is OC(CC1CCCN1Cc1cccs1)c1ccccc1. The van der Waals surface area contributed by atoms with Gasteiger partial charge in [-0.2, -0.15) is 0 Å². The molecule has 106 valence electrons. The van der Waals surface area contributed by atoms with Gasteiger partial charge in [-0.15, -0.1) is 11.3 Å². The molecule has 2 aromatic rings. The lowest BCUT2D eigenvalue weighted by Crippen LogP contribution is -2.30. The zero-order chi connectivity index (χ0) is 13.8. The van der Waals surface area contributed by atoms with Gasteiger partial charge in [-0.3, -0.25) is 4.90 Å². The van der Waals surface area contributed by atoms with Crippen molar-refractivity contribution in [1.29, 1.82) is 0 Å². The lowest BCUT2D eigenvalue weighted by molar-refractivity contribution is 0.118. The maximum absolute atomic E-state index is 10.4. The van der Waals surface area contributed by atoms with Gasteiger partial charge in [0, 0.05) is 17.5 Å². The molecule has 2 nitrogen and oxygen atoms in total. The molecule has 0 saturated carbocycles. The molecule has 1 aromatic heterocycles. The third-order valence-corrected chi connectivity index (χ3v) is 4.98. The van der Waals surface area contributed by atoms with E-state index in [1.165, 1.54) is 17.7 Å². The molecule has 0 spiro atoms. The standard InChI is InChI=1S/C17H21NOS/c19-17(14-6-2-1-3-7-14)12-15-8-4-10-18(15)13-16-9-5-11-20-16/h1-3,5-7,9,11,15,17,19H,4,8,10,12-13H2. The first-order valence-electron chi connectivity index (χ1n) is 7.32. The van der Waals surface area contributed by atoms with E-state index in [2.05, 4.69) is 22.4 Å². The van der Waals surface area contributed by atoms with E-state index in [-0.39, 0.29) is 6.10 Å². The Morgan fingerprint density at radius 3 is 2.80 bits per heavy atom. The highest BCUT2D eigenvalue weighted by Crippen LogP contribution is 2.29. The Kier molecular flexibility index (Phi) is 4.51. The lowest BCUT2D eigenvalue weighted by atomic mass is 10.0. The number of nitrogens with zero attached hydrogens (tertiary/aromatic N) is 1. The second-order valence-electron chi connectivity index (χ2n) is 5.51. The topological polar surface area (TPSA) is 23.5 Å². The fourth-order valence-corrected chi connectivity index (χ4v) is 3.77. The number of benzene rings is 1. The quantitative estimate of drug-likeness (QED) is 0.903. The summed E-state index contributed by atoms with van der Waals surface area (Å²) in [6, 6.07) is 14.8. The average Bonchev–Trinajstić information content (AvgIpc) is 3.13. The van der Waals surface area contributed by atoms with Crippen molar-refractivity contribution in [3.05, 3.63) is 58.3 Å². The first-order chi connectivity index (χ1) is 9.83. The fourth-order valence-electron chi connectivity index (χ4n) is 3.04. The van der Waals surface area contributed by atoms with E-state index < -0.39 is 0 Å². The Hall–Kier alpha value is -1.16. The van der Waals surface area contributed by atoms with Gasteiger partial charge < -0.3 is 5.11 Å². The van der Waals surface area contributed by atoms with E-state index in [0.29, 0.717) is 6.04 Å². The monoisotopic (exact) mass is 287 g/mol. The van der Waals surface area contributed by atoms with Crippen LogP contribution in [0.3, 0.4) is 0 Å². The Labute approximate surface area is 124 Å². The molecule has 2 heterocycles. The molecule has 2 atom stereocenters. The number of hydrogen-bond donors (Lipinski definition) is 1. The number of thiophene rings is 1. The molecule has 1 aliphatic rings. The number of aliphatic hydroxyl groups is 1. The Bertz CT molecular complexity index is 511. The second kappa shape index (κ2) is 6.53. The molecule has 0 aliphatic carbocycles.